The number of allylic oxidation sites excluding steroid dienone is 2. The van der Waals surface area contributed by atoms with Crippen molar-refractivity contribution in [2.24, 2.45) is 41.4 Å². The van der Waals surface area contributed by atoms with Gasteiger partial charge in [0.1, 0.15) is 6.29 Å². The van der Waals surface area contributed by atoms with Gasteiger partial charge in [0.2, 0.25) is 0 Å². The fraction of sp³-hybridized carbons (Fsp3) is 0.786. The predicted molar refractivity (Wildman–Crippen MR) is 58.1 cm³/mol. The van der Waals surface area contributed by atoms with Crippen LogP contribution in [0, 0.1) is 41.4 Å². The molecule has 0 spiro atoms. The maximum Gasteiger partial charge on any atom is 0.120 e. The monoisotopic (exact) mass is 202 g/mol. The Labute approximate surface area is 90.9 Å². The van der Waals surface area contributed by atoms with Crippen molar-refractivity contribution in [3.63, 3.8) is 0 Å². The molecule has 0 heterocycles. The van der Waals surface area contributed by atoms with Crippen molar-refractivity contribution in [1.82, 2.24) is 0 Å². The smallest absolute Gasteiger partial charge is 0.120 e. The maximum absolute atomic E-state index is 10.7. The van der Waals surface area contributed by atoms with Crippen molar-refractivity contribution in [3.8, 4) is 0 Å². The Kier molecular flexibility index (Phi) is 1.57. The third-order valence-corrected chi connectivity index (χ3v) is 5.81. The molecule has 7 unspecified atom stereocenters. The summed E-state index contributed by atoms with van der Waals surface area (Å²) in [5.74, 6) is 6.45. The molecule has 0 aliphatic heterocycles. The van der Waals surface area contributed by atoms with E-state index in [1.807, 2.05) is 0 Å². The summed E-state index contributed by atoms with van der Waals surface area (Å²) in [6.07, 6.45) is 11.2. The molecule has 4 bridgehead atoms. The minimum atomic E-state index is 0.751. The second-order valence-electron chi connectivity index (χ2n) is 6.16. The fourth-order valence-corrected chi connectivity index (χ4v) is 5.55. The van der Waals surface area contributed by atoms with Crippen LogP contribution in [-0.4, -0.2) is 6.29 Å². The van der Waals surface area contributed by atoms with Gasteiger partial charge in [0, 0.05) is 6.42 Å². The van der Waals surface area contributed by atoms with Crippen LogP contribution in [0.1, 0.15) is 25.7 Å². The average Bonchev–Trinajstić information content (AvgIpc) is 2.95. The molecule has 80 valence electrons. The van der Waals surface area contributed by atoms with Crippen LogP contribution in [0.5, 0.6) is 0 Å². The Bertz CT molecular complexity index is 332. The molecule has 4 aliphatic rings. The minimum absolute atomic E-state index is 0.751. The lowest BCUT2D eigenvalue weighted by atomic mass is 9.69. The first-order chi connectivity index (χ1) is 7.38. The number of rotatable bonds is 2. The molecule has 7 atom stereocenters. The Morgan fingerprint density at radius 3 is 2.67 bits per heavy atom. The Morgan fingerprint density at radius 1 is 1.07 bits per heavy atom. The normalized spacial score (nSPS) is 58.8. The lowest BCUT2D eigenvalue weighted by Gasteiger charge is -2.36. The number of carbonyl (C=O) groups excluding carboxylic acids is 1. The van der Waals surface area contributed by atoms with E-state index < -0.39 is 0 Å². The van der Waals surface area contributed by atoms with Gasteiger partial charge in [-0.3, -0.25) is 0 Å². The van der Waals surface area contributed by atoms with Crippen LogP contribution in [0.15, 0.2) is 12.2 Å². The molecule has 4 aliphatic carbocycles. The molecule has 0 amide bonds. The van der Waals surface area contributed by atoms with E-state index in [2.05, 4.69) is 12.2 Å². The van der Waals surface area contributed by atoms with E-state index in [4.69, 9.17) is 0 Å². The van der Waals surface area contributed by atoms with Crippen LogP contribution < -0.4 is 0 Å². The van der Waals surface area contributed by atoms with Gasteiger partial charge in [-0.05, 0) is 60.7 Å². The van der Waals surface area contributed by atoms with E-state index >= 15 is 0 Å². The molecule has 4 rings (SSSR count). The van der Waals surface area contributed by atoms with Gasteiger partial charge in [0.15, 0.2) is 0 Å². The van der Waals surface area contributed by atoms with Crippen molar-refractivity contribution < 1.29 is 4.79 Å². The van der Waals surface area contributed by atoms with Crippen molar-refractivity contribution in [1.29, 1.82) is 0 Å². The van der Waals surface area contributed by atoms with E-state index in [0.29, 0.717) is 0 Å². The molecule has 1 nitrogen and oxygen atoms in total. The van der Waals surface area contributed by atoms with Gasteiger partial charge in [-0.15, -0.1) is 0 Å². The Balaban J connectivity index is 1.66. The third kappa shape index (κ3) is 0.926. The first kappa shape index (κ1) is 8.55. The highest BCUT2D eigenvalue weighted by atomic mass is 16.1. The van der Waals surface area contributed by atoms with E-state index in [-0.39, 0.29) is 0 Å². The van der Waals surface area contributed by atoms with Gasteiger partial charge in [-0.1, -0.05) is 12.2 Å². The average molecular weight is 202 g/mol. The standard InChI is InChI=1S/C14H18O/c15-4-3-8-5-11-7-12(8)14-10-2-1-9(6-10)13(11)14/h1-2,4,8-14H,3,5-7H2. The number of carbonyl (C=O) groups is 1. The van der Waals surface area contributed by atoms with Crippen LogP contribution in [0.25, 0.3) is 0 Å². The molecule has 0 radical (unpaired) electrons. The van der Waals surface area contributed by atoms with Gasteiger partial charge in [-0.25, -0.2) is 0 Å². The number of hydrogen-bond acceptors (Lipinski definition) is 1. The van der Waals surface area contributed by atoms with Crippen LogP contribution in [0.3, 0.4) is 0 Å². The molecule has 0 N–H and O–H groups in total. The number of hydrogen-bond donors (Lipinski definition) is 0. The molecular weight excluding hydrogens is 184 g/mol. The lowest BCUT2D eigenvalue weighted by Crippen LogP contribution is -2.31. The van der Waals surface area contributed by atoms with Crippen LogP contribution >= 0.6 is 0 Å². The summed E-state index contributed by atoms with van der Waals surface area (Å²) in [4.78, 5) is 10.7. The summed E-state index contributed by atoms with van der Waals surface area (Å²) in [5.41, 5.74) is 0. The largest absolute Gasteiger partial charge is 0.303 e. The SMILES string of the molecule is O=CCC1CC2CC1C1C3C=CC(C3)C21. The summed E-state index contributed by atoms with van der Waals surface area (Å²) >= 11 is 0. The molecular formula is C14H18O. The summed E-state index contributed by atoms with van der Waals surface area (Å²) in [6.45, 7) is 0. The first-order valence-corrected chi connectivity index (χ1v) is 6.50. The summed E-state index contributed by atoms with van der Waals surface area (Å²) in [6, 6.07) is 0. The minimum Gasteiger partial charge on any atom is -0.303 e. The van der Waals surface area contributed by atoms with E-state index in [0.717, 1.165) is 54.1 Å². The molecule has 1 heteroatoms. The molecule has 0 aromatic rings. The third-order valence-electron chi connectivity index (χ3n) is 5.81. The van der Waals surface area contributed by atoms with E-state index in [1.165, 1.54) is 19.3 Å². The van der Waals surface area contributed by atoms with E-state index in [9.17, 15) is 4.79 Å². The zero-order valence-electron chi connectivity index (χ0n) is 9.01. The maximum atomic E-state index is 10.7. The highest BCUT2D eigenvalue weighted by Crippen LogP contribution is 2.67. The van der Waals surface area contributed by atoms with Crippen molar-refractivity contribution >= 4 is 6.29 Å². The summed E-state index contributed by atoms with van der Waals surface area (Å²) in [7, 11) is 0. The van der Waals surface area contributed by atoms with E-state index in [1.54, 1.807) is 0 Å². The second kappa shape index (κ2) is 2.75. The quantitative estimate of drug-likeness (QED) is 0.382. The van der Waals surface area contributed by atoms with Gasteiger partial charge in [0.25, 0.3) is 0 Å². The summed E-state index contributed by atoms with van der Waals surface area (Å²) in [5, 5.41) is 0. The fourth-order valence-electron chi connectivity index (χ4n) is 5.55. The Hall–Kier alpha value is -0.590. The van der Waals surface area contributed by atoms with Gasteiger partial charge < -0.3 is 4.79 Å². The van der Waals surface area contributed by atoms with Crippen LogP contribution in [-0.2, 0) is 4.79 Å². The highest BCUT2D eigenvalue weighted by Gasteiger charge is 2.60. The number of aldehydes is 1. The number of fused-ring (bicyclic) bond motifs is 9. The molecule has 3 fully saturated rings. The summed E-state index contributed by atoms with van der Waals surface area (Å²) < 4.78 is 0. The topological polar surface area (TPSA) is 17.1 Å². The van der Waals surface area contributed by atoms with Gasteiger partial charge >= 0.3 is 0 Å². The Morgan fingerprint density at radius 2 is 1.87 bits per heavy atom. The molecule has 0 aromatic carbocycles. The first-order valence-electron chi connectivity index (χ1n) is 6.50. The molecule has 0 saturated heterocycles. The zero-order valence-corrected chi connectivity index (χ0v) is 9.01. The second-order valence-corrected chi connectivity index (χ2v) is 6.16. The van der Waals surface area contributed by atoms with Crippen molar-refractivity contribution in [2.45, 2.75) is 25.7 Å². The molecule has 15 heavy (non-hydrogen) atoms. The molecule has 0 aromatic heterocycles. The highest BCUT2D eigenvalue weighted by molar-refractivity contribution is 5.50. The molecule has 3 saturated carbocycles. The zero-order chi connectivity index (χ0) is 9.99. The van der Waals surface area contributed by atoms with Crippen LogP contribution in [0.4, 0.5) is 0 Å². The van der Waals surface area contributed by atoms with Crippen molar-refractivity contribution in [3.05, 3.63) is 12.2 Å². The predicted octanol–water partition coefficient (Wildman–Crippen LogP) is 2.67. The van der Waals surface area contributed by atoms with Crippen LogP contribution in [0.2, 0.25) is 0 Å². The van der Waals surface area contributed by atoms with Crippen molar-refractivity contribution in [2.75, 3.05) is 0 Å². The van der Waals surface area contributed by atoms with Gasteiger partial charge in [0.05, 0.1) is 0 Å². The van der Waals surface area contributed by atoms with Gasteiger partial charge in [-0.2, -0.15) is 0 Å². The lowest BCUT2D eigenvalue weighted by molar-refractivity contribution is -0.109.